The summed E-state index contributed by atoms with van der Waals surface area (Å²) in [7, 11) is -1.83. The number of sulfonamides is 1. The third kappa shape index (κ3) is 3.93. The lowest BCUT2D eigenvalue weighted by molar-refractivity contribution is 0.467. The van der Waals surface area contributed by atoms with E-state index < -0.39 is 15.8 Å². The van der Waals surface area contributed by atoms with Gasteiger partial charge in [-0.25, -0.2) is 17.8 Å². The van der Waals surface area contributed by atoms with Crippen LogP contribution in [0.1, 0.15) is 12.5 Å². The van der Waals surface area contributed by atoms with Crippen LogP contribution in [0.25, 0.3) is 33.3 Å². The number of pyridine rings is 1. The molecule has 0 aliphatic carbocycles. The zero-order valence-electron chi connectivity index (χ0n) is 18.9. The summed E-state index contributed by atoms with van der Waals surface area (Å²) in [4.78, 5) is 19.9. The van der Waals surface area contributed by atoms with Gasteiger partial charge in [0, 0.05) is 42.0 Å². The van der Waals surface area contributed by atoms with Crippen LogP contribution in [0.2, 0.25) is 0 Å². The number of phenols is 1. The van der Waals surface area contributed by atoms with Crippen molar-refractivity contribution >= 4 is 37.6 Å². The number of hydrogen-bond acceptors (Lipinski definition) is 5. The van der Waals surface area contributed by atoms with Crippen molar-refractivity contribution in [2.45, 2.75) is 13.5 Å². The van der Waals surface area contributed by atoms with Crippen molar-refractivity contribution in [1.29, 1.82) is 0 Å². The molecule has 0 fully saturated rings. The molecule has 9 nitrogen and oxygen atoms in total. The van der Waals surface area contributed by atoms with E-state index in [9.17, 15) is 22.7 Å². The number of nitrogens with one attached hydrogen (secondary N) is 2. The molecule has 3 heterocycles. The smallest absolute Gasteiger partial charge is 0.272 e. The van der Waals surface area contributed by atoms with Gasteiger partial charge in [-0.15, -0.1) is 0 Å². The highest BCUT2D eigenvalue weighted by Crippen LogP contribution is 2.34. The van der Waals surface area contributed by atoms with Gasteiger partial charge in [0.15, 0.2) is 0 Å². The van der Waals surface area contributed by atoms with Crippen molar-refractivity contribution in [2.24, 2.45) is 7.05 Å². The van der Waals surface area contributed by atoms with Gasteiger partial charge in [-0.05, 0) is 31.2 Å². The highest BCUT2D eigenvalue weighted by molar-refractivity contribution is 7.92. The molecular weight excluding hydrogens is 473 g/mol. The fourth-order valence-electron chi connectivity index (χ4n) is 4.21. The van der Waals surface area contributed by atoms with Crippen LogP contribution in [0.4, 0.5) is 10.1 Å². The van der Waals surface area contributed by atoms with Crippen LogP contribution in [0, 0.1) is 5.82 Å². The molecule has 0 unspecified atom stereocenters. The van der Waals surface area contributed by atoms with Crippen LogP contribution in [0.5, 0.6) is 5.75 Å². The molecule has 5 rings (SSSR count). The fraction of sp³-hybridized carbons (Fsp3) is 0.167. The van der Waals surface area contributed by atoms with Crippen molar-refractivity contribution in [3.8, 4) is 17.1 Å². The minimum Gasteiger partial charge on any atom is -0.508 e. The number of halogens is 1. The number of aryl methyl sites for hydroxylation is 1. The van der Waals surface area contributed by atoms with E-state index in [0.29, 0.717) is 44.6 Å². The third-order valence-corrected chi connectivity index (χ3v) is 7.22. The van der Waals surface area contributed by atoms with Gasteiger partial charge >= 0.3 is 0 Å². The number of nitrogens with zero attached hydrogens (tertiary/aromatic N) is 3. The first-order chi connectivity index (χ1) is 16.7. The molecule has 0 amide bonds. The number of aromatic amines is 1. The van der Waals surface area contributed by atoms with Gasteiger partial charge < -0.3 is 19.2 Å². The monoisotopic (exact) mass is 495 g/mol. The summed E-state index contributed by atoms with van der Waals surface area (Å²) in [5.41, 5.74) is 2.39. The first-order valence-electron chi connectivity index (χ1n) is 10.8. The molecule has 3 aromatic heterocycles. The number of imidazole rings is 1. The standard InChI is InChI=1S/C24H22FN5O4S/c1-3-35(33,34)28-19-5-4-6-20-21(19)27-23(30(20)12-14-7-8-15(31)11-18(14)25)17-13-29(2)22-16(17)9-10-26-24(22)32/h4-11,13,28,31H,3,12H2,1-2H3,(H,26,32). The number of H-pyrrole nitrogens is 1. The van der Waals surface area contributed by atoms with Gasteiger partial charge in [0.1, 0.15) is 28.4 Å². The topological polar surface area (TPSA) is 122 Å². The minimum absolute atomic E-state index is 0.0570. The van der Waals surface area contributed by atoms with Crippen molar-refractivity contribution < 1.29 is 17.9 Å². The van der Waals surface area contributed by atoms with E-state index in [1.165, 1.54) is 19.1 Å². The maximum Gasteiger partial charge on any atom is 0.272 e. The summed E-state index contributed by atoms with van der Waals surface area (Å²) in [6, 6.07) is 10.8. The molecule has 0 bridgehead atoms. The van der Waals surface area contributed by atoms with E-state index in [2.05, 4.69) is 9.71 Å². The Bertz CT molecular complexity index is 1770. The van der Waals surface area contributed by atoms with Crippen LogP contribution < -0.4 is 10.3 Å². The molecule has 0 aliphatic heterocycles. The Morgan fingerprint density at radius 3 is 2.74 bits per heavy atom. The van der Waals surface area contributed by atoms with E-state index in [1.807, 2.05) is 0 Å². The van der Waals surface area contributed by atoms with E-state index in [1.54, 1.807) is 52.8 Å². The lowest BCUT2D eigenvalue weighted by Gasteiger charge is -2.11. The van der Waals surface area contributed by atoms with E-state index in [4.69, 9.17) is 4.98 Å². The molecule has 11 heteroatoms. The van der Waals surface area contributed by atoms with Crippen LogP contribution in [0.15, 0.2) is 59.7 Å². The first-order valence-corrected chi connectivity index (χ1v) is 12.5. The van der Waals surface area contributed by atoms with Crippen LogP contribution >= 0.6 is 0 Å². The second-order valence-corrected chi connectivity index (χ2v) is 10.2. The number of phenolic OH excluding ortho intramolecular Hbond substituents is 1. The molecule has 2 aromatic carbocycles. The molecule has 0 spiro atoms. The first kappa shape index (κ1) is 22.7. The Hall–Kier alpha value is -4.12. The van der Waals surface area contributed by atoms with Gasteiger partial charge in [-0.2, -0.15) is 0 Å². The lowest BCUT2D eigenvalue weighted by Crippen LogP contribution is -2.14. The number of rotatable bonds is 6. The minimum atomic E-state index is -3.58. The van der Waals surface area contributed by atoms with E-state index >= 15 is 0 Å². The van der Waals surface area contributed by atoms with Gasteiger partial charge in [0.25, 0.3) is 5.56 Å². The molecule has 180 valence electrons. The maximum atomic E-state index is 14.7. The van der Waals surface area contributed by atoms with Crippen LogP contribution in [-0.4, -0.2) is 38.4 Å². The Balaban J connectivity index is 1.80. The molecule has 3 N–H and O–H groups in total. The average Bonchev–Trinajstić information content (AvgIpc) is 3.34. The second-order valence-electron chi connectivity index (χ2n) is 8.20. The SMILES string of the molecule is CCS(=O)(=O)Nc1cccc2c1nc(-c1cn(C)c3c(=O)[nH]ccc13)n2Cc1ccc(O)cc1F. The Labute approximate surface area is 199 Å². The Kier molecular flexibility index (Phi) is 5.36. The summed E-state index contributed by atoms with van der Waals surface area (Å²) >= 11 is 0. The van der Waals surface area contributed by atoms with Gasteiger partial charge in [-0.3, -0.25) is 9.52 Å². The van der Waals surface area contributed by atoms with Crippen molar-refractivity contribution in [2.75, 3.05) is 10.5 Å². The molecule has 0 saturated carbocycles. The van der Waals surface area contributed by atoms with Gasteiger partial charge in [0.2, 0.25) is 10.0 Å². The predicted octanol–water partition coefficient (Wildman–Crippen LogP) is 3.54. The number of benzene rings is 2. The summed E-state index contributed by atoms with van der Waals surface area (Å²) in [6.07, 6.45) is 3.31. The number of hydrogen-bond donors (Lipinski definition) is 3. The summed E-state index contributed by atoms with van der Waals surface area (Å²) < 4.78 is 45.3. The summed E-state index contributed by atoms with van der Waals surface area (Å²) in [5, 5.41) is 10.3. The zero-order valence-corrected chi connectivity index (χ0v) is 19.7. The van der Waals surface area contributed by atoms with E-state index in [-0.39, 0.29) is 23.6 Å². The van der Waals surface area contributed by atoms with Crippen molar-refractivity contribution in [1.82, 2.24) is 19.1 Å². The molecular formula is C24H22FN5O4S. The summed E-state index contributed by atoms with van der Waals surface area (Å²) in [6.45, 7) is 1.59. The molecule has 0 saturated heterocycles. The zero-order chi connectivity index (χ0) is 24.9. The maximum absolute atomic E-state index is 14.7. The largest absolute Gasteiger partial charge is 0.508 e. The number of anilines is 1. The van der Waals surface area contributed by atoms with Crippen molar-refractivity contribution in [3.05, 3.63) is 76.6 Å². The number of fused-ring (bicyclic) bond motifs is 2. The van der Waals surface area contributed by atoms with Gasteiger partial charge in [0.05, 0.1) is 23.5 Å². The highest BCUT2D eigenvalue weighted by Gasteiger charge is 2.22. The molecule has 0 aliphatic rings. The summed E-state index contributed by atoms with van der Waals surface area (Å²) in [5.74, 6) is -0.449. The number of para-hydroxylation sites is 1. The fourth-order valence-corrected chi connectivity index (χ4v) is 4.86. The quantitative estimate of drug-likeness (QED) is 0.333. The Morgan fingerprint density at radius 2 is 2.00 bits per heavy atom. The lowest BCUT2D eigenvalue weighted by atomic mass is 10.1. The predicted molar refractivity (Wildman–Crippen MR) is 133 cm³/mol. The third-order valence-electron chi connectivity index (χ3n) is 5.93. The second kappa shape index (κ2) is 8.27. The molecule has 5 aromatic rings. The normalized spacial score (nSPS) is 12.0. The van der Waals surface area contributed by atoms with E-state index in [0.717, 1.165) is 6.07 Å². The van der Waals surface area contributed by atoms with Crippen LogP contribution in [0.3, 0.4) is 0 Å². The van der Waals surface area contributed by atoms with Crippen molar-refractivity contribution in [3.63, 3.8) is 0 Å². The van der Waals surface area contributed by atoms with Crippen LogP contribution in [-0.2, 0) is 23.6 Å². The highest BCUT2D eigenvalue weighted by atomic mass is 32.2. The molecule has 0 atom stereocenters. The van der Waals surface area contributed by atoms with Gasteiger partial charge in [-0.1, -0.05) is 12.1 Å². The molecule has 35 heavy (non-hydrogen) atoms. The number of aromatic nitrogens is 4. The number of aromatic hydroxyl groups is 1. The molecule has 0 radical (unpaired) electrons. The Morgan fingerprint density at radius 1 is 1.20 bits per heavy atom. The average molecular weight is 496 g/mol.